The topological polar surface area (TPSA) is 32.9 Å². The summed E-state index contributed by atoms with van der Waals surface area (Å²) in [5, 5.41) is 0.432. The lowest BCUT2D eigenvalue weighted by Crippen LogP contribution is -1.98. The molecule has 0 radical (unpaired) electrons. The molecular formula is C16H20FNO. The van der Waals surface area contributed by atoms with Gasteiger partial charge < -0.3 is 4.98 Å². The lowest BCUT2D eigenvalue weighted by Gasteiger charge is -2.01. The third-order valence-corrected chi connectivity index (χ3v) is 3.46. The average Bonchev–Trinajstić information content (AvgIpc) is 2.84. The first-order valence-corrected chi connectivity index (χ1v) is 7.03. The van der Waals surface area contributed by atoms with Crippen molar-refractivity contribution in [2.75, 3.05) is 0 Å². The molecule has 0 fully saturated rings. The van der Waals surface area contributed by atoms with Crippen LogP contribution in [0.1, 0.15) is 55.8 Å². The number of unbranched alkanes of at least 4 members (excludes halogenated alkanes) is 4. The Kier molecular flexibility index (Phi) is 4.72. The van der Waals surface area contributed by atoms with Crippen LogP contribution in [0.25, 0.3) is 10.9 Å². The standard InChI is InChI=1S/C16H20FNO/c1-2-3-4-5-6-10-15(19)12-11-18-14-9-7-8-13(17)16(12)14/h7-9,11,18H,2-6,10H2,1H3. The summed E-state index contributed by atoms with van der Waals surface area (Å²) < 4.78 is 13.8. The van der Waals surface area contributed by atoms with Crippen molar-refractivity contribution in [1.82, 2.24) is 4.98 Å². The Labute approximate surface area is 113 Å². The number of halogens is 1. The summed E-state index contributed by atoms with van der Waals surface area (Å²) in [6, 6.07) is 4.83. The molecule has 2 rings (SSSR count). The Morgan fingerprint density at radius 2 is 2.00 bits per heavy atom. The minimum Gasteiger partial charge on any atom is -0.360 e. The van der Waals surface area contributed by atoms with Crippen molar-refractivity contribution < 1.29 is 9.18 Å². The molecule has 1 N–H and O–H groups in total. The number of H-pyrrole nitrogens is 1. The maximum Gasteiger partial charge on any atom is 0.165 e. The largest absolute Gasteiger partial charge is 0.360 e. The fourth-order valence-electron chi connectivity index (χ4n) is 2.38. The number of carbonyl (C=O) groups is 1. The molecule has 3 heteroatoms. The van der Waals surface area contributed by atoms with Crippen LogP contribution >= 0.6 is 0 Å². The lowest BCUT2D eigenvalue weighted by atomic mass is 10.0. The second-order valence-corrected chi connectivity index (χ2v) is 4.95. The third-order valence-electron chi connectivity index (χ3n) is 3.46. The molecule has 1 heterocycles. The number of rotatable bonds is 7. The van der Waals surface area contributed by atoms with E-state index in [0.29, 0.717) is 22.9 Å². The van der Waals surface area contributed by atoms with Crippen LogP contribution in [0.4, 0.5) is 4.39 Å². The number of aromatic amines is 1. The van der Waals surface area contributed by atoms with E-state index in [-0.39, 0.29) is 11.6 Å². The molecule has 0 aliphatic carbocycles. The Balaban J connectivity index is 2.01. The molecule has 0 aliphatic rings. The lowest BCUT2D eigenvalue weighted by molar-refractivity contribution is 0.0980. The molecule has 1 aromatic heterocycles. The first-order chi connectivity index (χ1) is 9.24. The fraction of sp³-hybridized carbons (Fsp3) is 0.438. The highest BCUT2D eigenvalue weighted by molar-refractivity contribution is 6.08. The van der Waals surface area contributed by atoms with Crippen molar-refractivity contribution in [3.8, 4) is 0 Å². The van der Waals surface area contributed by atoms with E-state index in [2.05, 4.69) is 11.9 Å². The van der Waals surface area contributed by atoms with Gasteiger partial charge >= 0.3 is 0 Å². The maximum atomic E-state index is 13.8. The molecular weight excluding hydrogens is 241 g/mol. The SMILES string of the molecule is CCCCCCCC(=O)c1c[nH]c2cccc(F)c12. The fourth-order valence-corrected chi connectivity index (χ4v) is 2.38. The zero-order valence-electron chi connectivity index (χ0n) is 11.3. The highest BCUT2D eigenvalue weighted by Crippen LogP contribution is 2.23. The summed E-state index contributed by atoms with van der Waals surface area (Å²) >= 11 is 0. The predicted octanol–water partition coefficient (Wildman–Crippen LogP) is 4.85. The molecule has 0 aliphatic heterocycles. The van der Waals surface area contributed by atoms with Gasteiger partial charge in [0.25, 0.3) is 0 Å². The van der Waals surface area contributed by atoms with Crippen molar-refractivity contribution in [2.45, 2.75) is 45.4 Å². The molecule has 102 valence electrons. The van der Waals surface area contributed by atoms with Crippen LogP contribution in [-0.2, 0) is 0 Å². The van der Waals surface area contributed by atoms with Crippen LogP contribution < -0.4 is 0 Å². The van der Waals surface area contributed by atoms with E-state index in [9.17, 15) is 9.18 Å². The summed E-state index contributed by atoms with van der Waals surface area (Å²) in [5.41, 5.74) is 1.18. The second-order valence-electron chi connectivity index (χ2n) is 4.95. The number of ketones is 1. The molecule has 0 saturated carbocycles. The number of Topliss-reactive ketones (excluding diaryl/α,β-unsaturated/α-hetero) is 1. The van der Waals surface area contributed by atoms with E-state index in [1.807, 2.05) is 0 Å². The summed E-state index contributed by atoms with van der Waals surface area (Å²) in [6.07, 6.45) is 7.68. The van der Waals surface area contributed by atoms with Crippen LogP contribution in [-0.4, -0.2) is 10.8 Å². The molecule has 0 saturated heterocycles. The highest BCUT2D eigenvalue weighted by Gasteiger charge is 2.14. The van der Waals surface area contributed by atoms with Gasteiger partial charge in [-0.15, -0.1) is 0 Å². The Morgan fingerprint density at radius 3 is 2.79 bits per heavy atom. The molecule has 2 nitrogen and oxygen atoms in total. The van der Waals surface area contributed by atoms with Crippen molar-refractivity contribution in [1.29, 1.82) is 0 Å². The van der Waals surface area contributed by atoms with Crippen molar-refractivity contribution in [3.05, 3.63) is 35.8 Å². The van der Waals surface area contributed by atoms with E-state index in [1.54, 1.807) is 18.3 Å². The summed E-state index contributed by atoms with van der Waals surface area (Å²) in [7, 11) is 0. The van der Waals surface area contributed by atoms with Gasteiger partial charge in [-0.3, -0.25) is 4.79 Å². The molecule has 0 amide bonds. The van der Waals surface area contributed by atoms with Gasteiger partial charge in [0.05, 0.1) is 0 Å². The van der Waals surface area contributed by atoms with Gasteiger partial charge in [-0.2, -0.15) is 0 Å². The number of aromatic nitrogens is 1. The highest BCUT2D eigenvalue weighted by atomic mass is 19.1. The molecule has 0 unspecified atom stereocenters. The van der Waals surface area contributed by atoms with E-state index < -0.39 is 0 Å². The van der Waals surface area contributed by atoms with E-state index in [0.717, 1.165) is 12.8 Å². The summed E-state index contributed by atoms with van der Waals surface area (Å²) in [6.45, 7) is 2.17. The van der Waals surface area contributed by atoms with Crippen molar-refractivity contribution in [2.24, 2.45) is 0 Å². The third kappa shape index (κ3) is 3.22. The molecule has 1 aromatic carbocycles. The Bertz CT molecular complexity index is 559. The molecule has 0 bridgehead atoms. The quantitative estimate of drug-likeness (QED) is 0.561. The number of nitrogens with one attached hydrogen (secondary N) is 1. The molecule has 0 spiro atoms. The van der Waals surface area contributed by atoms with Gasteiger partial charge in [-0.05, 0) is 18.6 Å². The van der Waals surface area contributed by atoms with Crippen molar-refractivity contribution >= 4 is 16.7 Å². The zero-order chi connectivity index (χ0) is 13.7. The van der Waals surface area contributed by atoms with Crippen LogP contribution in [0, 0.1) is 5.82 Å². The smallest absolute Gasteiger partial charge is 0.165 e. The van der Waals surface area contributed by atoms with Crippen LogP contribution in [0.3, 0.4) is 0 Å². The van der Waals surface area contributed by atoms with E-state index in [4.69, 9.17) is 0 Å². The minimum absolute atomic E-state index is 0.0350. The van der Waals surface area contributed by atoms with E-state index >= 15 is 0 Å². The molecule has 0 atom stereocenters. The van der Waals surface area contributed by atoms with Crippen LogP contribution in [0.15, 0.2) is 24.4 Å². The Morgan fingerprint density at radius 1 is 1.21 bits per heavy atom. The summed E-state index contributed by atoms with van der Waals surface area (Å²) in [4.78, 5) is 15.1. The van der Waals surface area contributed by atoms with Gasteiger partial charge in [-0.1, -0.05) is 38.7 Å². The number of benzene rings is 1. The van der Waals surface area contributed by atoms with Gasteiger partial charge in [0, 0.05) is 29.1 Å². The monoisotopic (exact) mass is 261 g/mol. The second kappa shape index (κ2) is 6.50. The summed E-state index contributed by atoms with van der Waals surface area (Å²) in [5.74, 6) is -0.291. The minimum atomic E-state index is -0.326. The zero-order valence-corrected chi connectivity index (χ0v) is 11.3. The predicted molar refractivity (Wildman–Crippen MR) is 76.0 cm³/mol. The van der Waals surface area contributed by atoms with Crippen LogP contribution in [0.5, 0.6) is 0 Å². The normalized spacial score (nSPS) is 11.1. The number of fused-ring (bicyclic) bond motifs is 1. The van der Waals surface area contributed by atoms with Gasteiger partial charge in [0.15, 0.2) is 5.78 Å². The molecule has 19 heavy (non-hydrogen) atoms. The number of carbonyl (C=O) groups excluding carboxylic acids is 1. The van der Waals surface area contributed by atoms with Crippen LogP contribution in [0.2, 0.25) is 0 Å². The number of hydrogen-bond donors (Lipinski definition) is 1. The number of hydrogen-bond acceptors (Lipinski definition) is 1. The first-order valence-electron chi connectivity index (χ1n) is 7.03. The van der Waals surface area contributed by atoms with Crippen molar-refractivity contribution in [3.63, 3.8) is 0 Å². The molecule has 2 aromatic rings. The van der Waals surface area contributed by atoms with E-state index in [1.165, 1.54) is 25.3 Å². The van der Waals surface area contributed by atoms with Gasteiger partial charge in [-0.25, -0.2) is 4.39 Å². The maximum absolute atomic E-state index is 13.8. The average molecular weight is 261 g/mol. The van der Waals surface area contributed by atoms with Gasteiger partial charge in [0.2, 0.25) is 0 Å². The van der Waals surface area contributed by atoms with Gasteiger partial charge in [0.1, 0.15) is 5.82 Å². The first kappa shape index (κ1) is 13.8. The Hall–Kier alpha value is -1.64.